The van der Waals surface area contributed by atoms with E-state index in [1.54, 1.807) is 18.2 Å². The zero-order valence-electron chi connectivity index (χ0n) is 14.2. The van der Waals surface area contributed by atoms with Crippen molar-refractivity contribution in [3.8, 4) is 11.9 Å². The second-order valence-corrected chi connectivity index (χ2v) is 8.81. The Kier molecular flexibility index (Phi) is 6.22. The van der Waals surface area contributed by atoms with Gasteiger partial charge in [0.1, 0.15) is 17.1 Å². The van der Waals surface area contributed by atoms with Crippen LogP contribution in [0.3, 0.4) is 0 Å². The van der Waals surface area contributed by atoms with Crippen molar-refractivity contribution >= 4 is 33.2 Å². The molecule has 0 aliphatic heterocycles. The molecule has 142 valence electrons. The summed E-state index contributed by atoms with van der Waals surface area (Å²) in [6.45, 7) is 0. The molecule has 2 aromatic rings. The number of nitrogens with zero attached hydrogens (tertiary/aromatic N) is 2. The first-order valence-electron chi connectivity index (χ1n) is 8.37. The Hall–Kier alpha value is -1.85. The standard InChI is InChI=1S/C18H17Cl2N3O3S/c19-13-2-7-16(20)17(9-13)27(24,25)23-14-3-5-15(6-4-14)26-18-8-1-12(10-21)11-22-18/h1-2,7-9,11,14-15,23H,3-6H2. The van der Waals surface area contributed by atoms with Crippen LogP contribution in [0.4, 0.5) is 0 Å². The lowest BCUT2D eigenvalue weighted by Gasteiger charge is -2.29. The fraction of sp³-hybridized carbons (Fsp3) is 0.333. The second-order valence-electron chi connectivity index (χ2n) is 6.28. The van der Waals surface area contributed by atoms with E-state index in [4.69, 9.17) is 33.2 Å². The number of aromatic nitrogens is 1. The summed E-state index contributed by atoms with van der Waals surface area (Å²) in [6, 6.07) is 9.48. The van der Waals surface area contributed by atoms with Crippen LogP contribution in [-0.2, 0) is 10.0 Å². The predicted molar refractivity (Wildman–Crippen MR) is 102 cm³/mol. The minimum atomic E-state index is -3.75. The summed E-state index contributed by atoms with van der Waals surface area (Å²) in [5, 5.41) is 9.23. The average molecular weight is 426 g/mol. The lowest BCUT2D eigenvalue weighted by molar-refractivity contribution is 0.138. The zero-order valence-corrected chi connectivity index (χ0v) is 16.6. The summed E-state index contributed by atoms with van der Waals surface area (Å²) in [7, 11) is -3.75. The highest BCUT2D eigenvalue weighted by Gasteiger charge is 2.28. The molecule has 0 radical (unpaired) electrons. The van der Waals surface area contributed by atoms with Gasteiger partial charge in [0.15, 0.2) is 0 Å². The third-order valence-corrected chi connectivity index (χ3v) is 6.57. The van der Waals surface area contributed by atoms with E-state index < -0.39 is 10.0 Å². The van der Waals surface area contributed by atoms with Crippen LogP contribution in [0.5, 0.6) is 5.88 Å². The number of halogens is 2. The van der Waals surface area contributed by atoms with Crippen molar-refractivity contribution in [1.29, 1.82) is 5.26 Å². The lowest BCUT2D eigenvalue weighted by atomic mass is 9.94. The van der Waals surface area contributed by atoms with Gasteiger partial charge in [0, 0.05) is 23.3 Å². The number of hydrogen-bond donors (Lipinski definition) is 1. The third-order valence-electron chi connectivity index (χ3n) is 4.33. The van der Waals surface area contributed by atoms with Gasteiger partial charge in [0.2, 0.25) is 15.9 Å². The van der Waals surface area contributed by atoms with Crippen LogP contribution in [0.15, 0.2) is 41.4 Å². The van der Waals surface area contributed by atoms with Gasteiger partial charge in [0.25, 0.3) is 0 Å². The van der Waals surface area contributed by atoms with Gasteiger partial charge in [-0.1, -0.05) is 23.2 Å². The first-order valence-corrected chi connectivity index (χ1v) is 10.6. The Morgan fingerprint density at radius 1 is 1.15 bits per heavy atom. The number of sulfonamides is 1. The Bertz CT molecular complexity index is 951. The lowest BCUT2D eigenvalue weighted by Crippen LogP contribution is -2.39. The molecule has 1 heterocycles. The van der Waals surface area contributed by atoms with Crippen molar-refractivity contribution in [2.45, 2.75) is 42.7 Å². The highest BCUT2D eigenvalue weighted by atomic mass is 35.5. The van der Waals surface area contributed by atoms with E-state index in [-0.39, 0.29) is 22.1 Å². The molecule has 0 unspecified atom stereocenters. The number of ether oxygens (including phenoxy) is 1. The van der Waals surface area contributed by atoms with E-state index in [1.165, 1.54) is 18.3 Å². The maximum atomic E-state index is 12.6. The monoisotopic (exact) mass is 425 g/mol. The van der Waals surface area contributed by atoms with E-state index in [9.17, 15) is 8.42 Å². The number of hydrogen-bond acceptors (Lipinski definition) is 5. The first kappa shape index (κ1) is 19.9. The van der Waals surface area contributed by atoms with Crippen LogP contribution >= 0.6 is 23.2 Å². The van der Waals surface area contributed by atoms with Crippen LogP contribution in [0.2, 0.25) is 10.0 Å². The van der Waals surface area contributed by atoms with Crippen LogP contribution < -0.4 is 9.46 Å². The van der Waals surface area contributed by atoms with Crippen molar-refractivity contribution in [3.63, 3.8) is 0 Å². The topological polar surface area (TPSA) is 92.1 Å². The normalized spacial score (nSPS) is 20.0. The molecule has 0 atom stereocenters. The van der Waals surface area contributed by atoms with E-state index in [1.807, 2.05) is 6.07 Å². The Morgan fingerprint density at radius 3 is 2.52 bits per heavy atom. The highest BCUT2D eigenvalue weighted by molar-refractivity contribution is 7.89. The molecule has 9 heteroatoms. The zero-order chi connectivity index (χ0) is 19.4. The van der Waals surface area contributed by atoms with Crippen molar-refractivity contribution in [2.24, 2.45) is 0 Å². The van der Waals surface area contributed by atoms with Gasteiger partial charge in [-0.25, -0.2) is 18.1 Å². The van der Waals surface area contributed by atoms with Gasteiger partial charge in [0.05, 0.1) is 10.6 Å². The molecule has 6 nitrogen and oxygen atoms in total. The van der Waals surface area contributed by atoms with Crippen LogP contribution in [-0.4, -0.2) is 25.5 Å². The van der Waals surface area contributed by atoms with Crippen molar-refractivity contribution < 1.29 is 13.2 Å². The number of nitrogens with one attached hydrogen (secondary N) is 1. The fourth-order valence-electron chi connectivity index (χ4n) is 2.95. The fourth-order valence-corrected chi connectivity index (χ4v) is 5.02. The molecule has 1 aromatic heterocycles. The second kappa shape index (κ2) is 8.44. The molecular weight excluding hydrogens is 409 g/mol. The molecule has 27 heavy (non-hydrogen) atoms. The van der Waals surface area contributed by atoms with Crippen LogP contribution in [0, 0.1) is 11.3 Å². The molecule has 0 spiro atoms. The maximum Gasteiger partial charge on any atom is 0.242 e. The molecule has 0 amide bonds. The minimum Gasteiger partial charge on any atom is -0.474 e. The number of benzene rings is 1. The summed E-state index contributed by atoms with van der Waals surface area (Å²) >= 11 is 11.9. The molecule has 0 saturated heterocycles. The van der Waals surface area contributed by atoms with Crippen LogP contribution in [0.25, 0.3) is 0 Å². The largest absolute Gasteiger partial charge is 0.474 e. The number of pyridine rings is 1. The van der Waals surface area contributed by atoms with Gasteiger partial charge in [-0.2, -0.15) is 5.26 Å². The quantitative estimate of drug-likeness (QED) is 0.782. The van der Waals surface area contributed by atoms with Gasteiger partial charge < -0.3 is 4.74 Å². The number of nitriles is 1. The van der Waals surface area contributed by atoms with E-state index in [2.05, 4.69) is 9.71 Å². The van der Waals surface area contributed by atoms with E-state index in [0.29, 0.717) is 42.1 Å². The first-order chi connectivity index (χ1) is 12.9. The highest BCUT2D eigenvalue weighted by Crippen LogP contribution is 2.28. The van der Waals surface area contributed by atoms with Crippen molar-refractivity contribution in [1.82, 2.24) is 9.71 Å². The van der Waals surface area contributed by atoms with Crippen molar-refractivity contribution in [2.75, 3.05) is 0 Å². The average Bonchev–Trinajstić information content (AvgIpc) is 2.65. The smallest absolute Gasteiger partial charge is 0.242 e. The molecule has 1 aliphatic rings. The molecule has 1 saturated carbocycles. The predicted octanol–water partition coefficient (Wildman–Crippen LogP) is 3.93. The van der Waals surface area contributed by atoms with Gasteiger partial charge in [-0.15, -0.1) is 0 Å². The molecule has 3 rings (SSSR count). The Labute approximate surface area is 168 Å². The van der Waals surface area contributed by atoms with Gasteiger partial charge >= 0.3 is 0 Å². The summed E-state index contributed by atoms with van der Waals surface area (Å²) < 4.78 is 33.7. The SMILES string of the molecule is N#Cc1ccc(OC2CCC(NS(=O)(=O)c3cc(Cl)ccc3Cl)CC2)nc1. The maximum absolute atomic E-state index is 12.6. The molecule has 1 aliphatic carbocycles. The van der Waals surface area contributed by atoms with Crippen molar-refractivity contribution in [3.05, 3.63) is 52.1 Å². The Balaban J connectivity index is 1.57. The summed E-state index contributed by atoms with van der Waals surface area (Å²) in [5.74, 6) is 0.462. The molecule has 0 bridgehead atoms. The minimum absolute atomic E-state index is 0.0168. The summed E-state index contributed by atoms with van der Waals surface area (Å²) in [5.41, 5.74) is 0.472. The summed E-state index contributed by atoms with van der Waals surface area (Å²) in [6.07, 6.45) is 4.08. The Morgan fingerprint density at radius 2 is 1.89 bits per heavy atom. The van der Waals surface area contributed by atoms with E-state index in [0.717, 1.165) is 0 Å². The third kappa shape index (κ3) is 5.11. The molecule has 1 aromatic carbocycles. The van der Waals surface area contributed by atoms with Gasteiger partial charge in [-0.3, -0.25) is 0 Å². The van der Waals surface area contributed by atoms with E-state index >= 15 is 0 Å². The molecule has 1 fully saturated rings. The molecular formula is C18H17Cl2N3O3S. The summed E-state index contributed by atoms with van der Waals surface area (Å²) in [4.78, 5) is 4.08. The molecule has 1 N–H and O–H groups in total. The van der Waals surface area contributed by atoms with Gasteiger partial charge in [-0.05, 0) is 49.9 Å². The van der Waals surface area contributed by atoms with Crippen LogP contribution in [0.1, 0.15) is 31.2 Å². The number of rotatable bonds is 5.